The van der Waals surface area contributed by atoms with Crippen LogP contribution in [0.25, 0.3) is 0 Å². The molecule has 0 bridgehead atoms. The number of aliphatic carboxylic acids is 2. The third-order valence-electron chi connectivity index (χ3n) is 3.45. The lowest BCUT2D eigenvalue weighted by molar-refractivity contribution is -0.138. The van der Waals surface area contributed by atoms with Gasteiger partial charge in [0.15, 0.2) is 0 Å². The predicted octanol–water partition coefficient (Wildman–Crippen LogP) is 1.66. The number of hydrogen-bond acceptors (Lipinski definition) is 3. The van der Waals surface area contributed by atoms with E-state index in [0.29, 0.717) is 12.8 Å². The SMILES string of the molecule is O=C(O)CC1=CCC(CCCO)C(CC(=O)O)C1. The Kier molecular flexibility index (Phi) is 5.85. The lowest BCUT2D eigenvalue weighted by Gasteiger charge is -2.30. The van der Waals surface area contributed by atoms with Gasteiger partial charge in [-0.2, -0.15) is 0 Å². The second-order valence-corrected chi connectivity index (χ2v) is 4.86. The van der Waals surface area contributed by atoms with E-state index in [2.05, 4.69) is 0 Å². The molecule has 2 unspecified atom stereocenters. The number of allylic oxidation sites excluding steroid dienone is 1. The van der Waals surface area contributed by atoms with Gasteiger partial charge in [0.05, 0.1) is 6.42 Å². The van der Waals surface area contributed by atoms with Gasteiger partial charge in [0.1, 0.15) is 0 Å². The largest absolute Gasteiger partial charge is 0.481 e. The van der Waals surface area contributed by atoms with Crippen LogP contribution in [0.4, 0.5) is 0 Å². The Hall–Kier alpha value is -1.36. The summed E-state index contributed by atoms with van der Waals surface area (Å²) >= 11 is 0. The van der Waals surface area contributed by atoms with E-state index in [-0.39, 0.29) is 31.3 Å². The highest BCUT2D eigenvalue weighted by atomic mass is 16.4. The Labute approximate surface area is 106 Å². The van der Waals surface area contributed by atoms with E-state index >= 15 is 0 Å². The van der Waals surface area contributed by atoms with E-state index < -0.39 is 11.9 Å². The number of hydrogen-bond donors (Lipinski definition) is 3. The lowest BCUT2D eigenvalue weighted by atomic mass is 9.75. The number of carboxylic acid groups (broad SMARTS) is 2. The van der Waals surface area contributed by atoms with Gasteiger partial charge in [-0.3, -0.25) is 9.59 Å². The molecule has 0 aromatic heterocycles. The molecule has 0 spiro atoms. The van der Waals surface area contributed by atoms with Crippen molar-refractivity contribution in [1.29, 1.82) is 0 Å². The summed E-state index contributed by atoms with van der Waals surface area (Å²) in [6.07, 6.45) is 4.74. The second-order valence-electron chi connectivity index (χ2n) is 4.86. The second kappa shape index (κ2) is 7.16. The van der Waals surface area contributed by atoms with Crippen molar-refractivity contribution in [2.75, 3.05) is 6.61 Å². The van der Waals surface area contributed by atoms with E-state index in [9.17, 15) is 9.59 Å². The molecule has 1 aliphatic carbocycles. The molecule has 1 aliphatic rings. The molecular formula is C13H20O5. The fourth-order valence-corrected chi connectivity index (χ4v) is 2.61. The lowest BCUT2D eigenvalue weighted by Crippen LogP contribution is -2.23. The molecule has 0 heterocycles. The van der Waals surface area contributed by atoms with Crippen molar-refractivity contribution in [1.82, 2.24) is 0 Å². The monoisotopic (exact) mass is 256 g/mol. The number of aliphatic hydroxyl groups is 1. The summed E-state index contributed by atoms with van der Waals surface area (Å²) < 4.78 is 0. The zero-order valence-corrected chi connectivity index (χ0v) is 10.3. The van der Waals surface area contributed by atoms with Crippen LogP contribution in [-0.4, -0.2) is 33.9 Å². The first kappa shape index (κ1) is 14.7. The van der Waals surface area contributed by atoms with Crippen molar-refractivity contribution in [3.63, 3.8) is 0 Å². The third-order valence-corrected chi connectivity index (χ3v) is 3.45. The Morgan fingerprint density at radius 3 is 2.50 bits per heavy atom. The molecule has 2 atom stereocenters. The maximum absolute atomic E-state index is 10.8. The van der Waals surface area contributed by atoms with Crippen LogP contribution < -0.4 is 0 Å². The van der Waals surface area contributed by atoms with E-state index in [1.807, 2.05) is 6.08 Å². The minimum atomic E-state index is -0.871. The topological polar surface area (TPSA) is 94.8 Å². The van der Waals surface area contributed by atoms with Crippen LogP contribution in [0.15, 0.2) is 11.6 Å². The maximum Gasteiger partial charge on any atom is 0.307 e. The molecule has 1 rings (SSSR count). The Bertz CT molecular complexity index is 334. The Morgan fingerprint density at radius 2 is 1.94 bits per heavy atom. The molecule has 3 N–H and O–H groups in total. The summed E-state index contributed by atoms with van der Waals surface area (Å²) in [7, 11) is 0. The van der Waals surface area contributed by atoms with E-state index in [0.717, 1.165) is 18.4 Å². The van der Waals surface area contributed by atoms with Gasteiger partial charge in [-0.1, -0.05) is 11.6 Å². The van der Waals surface area contributed by atoms with Gasteiger partial charge in [0, 0.05) is 13.0 Å². The first-order valence-electron chi connectivity index (χ1n) is 6.25. The Morgan fingerprint density at radius 1 is 1.22 bits per heavy atom. The van der Waals surface area contributed by atoms with Crippen LogP contribution in [0.1, 0.15) is 38.5 Å². The highest BCUT2D eigenvalue weighted by Gasteiger charge is 2.27. The first-order valence-corrected chi connectivity index (χ1v) is 6.25. The molecule has 18 heavy (non-hydrogen) atoms. The summed E-state index contributed by atoms with van der Waals surface area (Å²) in [5.41, 5.74) is 0.828. The molecule has 0 aromatic rings. The minimum absolute atomic E-state index is 0.00282. The molecule has 5 nitrogen and oxygen atoms in total. The smallest absolute Gasteiger partial charge is 0.307 e. The zero-order valence-electron chi connectivity index (χ0n) is 10.3. The van der Waals surface area contributed by atoms with Gasteiger partial charge < -0.3 is 15.3 Å². The fourth-order valence-electron chi connectivity index (χ4n) is 2.61. The van der Waals surface area contributed by atoms with Crippen LogP contribution in [0.3, 0.4) is 0 Å². The van der Waals surface area contributed by atoms with Crippen LogP contribution >= 0.6 is 0 Å². The van der Waals surface area contributed by atoms with E-state index in [1.165, 1.54) is 0 Å². The van der Waals surface area contributed by atoms with Gasteiger partial charge in [0.25, 0.3) is 0 Å². The summed E-state index contributed by atoms with van der Waals surface area (Å²) in [5.74, 6) is -1.48. The van der Waals surface area contributed by atoms with Gasteiger partial charge in [-0.25, -0.2) is 0 Å². The van der Waals surface area contributed by atoms with Crippen molar-refractivity contribution in [3.8, 4) is 0 Å². The van der Waals surface area contributed by atoms with Crippen molar-refractivity contribution in [2.24, 2.45) is 11.8 Å². The quantitative estimate of drug-likeness (QED) is 0.602. The van der Waals surface area contributed by atoms with Crippen LogP contribution in [0, 0.1) is 11.8 Å². The molecule has 0 aromatic carbocycles. The molecule has 0 amide bonds. The molecule has 5 heteroatoms. The van der Waals surface area contributed by atoms with Crippen LogP contribution in [0.5, 0.6) is 0 Å². The van der Waals surface area contributed by atoms with Gasteiger partial charge in [-0.15, -0.1) is 0 Å². The summed E-state index contributed by atoms with van der Waals surface area (Å²) in [6, 6.07) is 0. The average Bonchev–Trinajstić information content (AvgIpc) is 2.26. The molecule has 0 saturated carbocycles. The van der Waals surface area contributed by atoms with Crippen molar-refractivity contribution >= 4 is 11.9 Å². The molecular weight excluding hydrogens is 236 g/mol. The molecule has 0 fully saturated rings. The van der Waals surface area contributed by atoms with Crippen LogP contribution in [-0.2, 0) is 9.59 Å². The Balaban J connectivity index is 2.64. The normalized spacial score (nSPS) is 23.5. The summed E-state index contributed by atoms with van der Waals surface area (Å²) in [5, 5.41) is 26.5. The van der Waals surface area contributed by atoms with Gasteiger partial charge in [-0.05, 0) is 37.5 Å². The van der Waals surface area contributed by atoms with E-state index in [4.69, 9.17) is 15.3 Å². The summed E-state index contributed by atoms with van der Waals surface area (Å²) in [6.45, 7) is 0.113. The highest BCUT2D eigenvalue weighted by molar-refractivity contribution is 5.70. The number of carboxylic acids is 2. The first-order chi connectivity index (χ1) is 8.52. The molecule has 102 valence electrons. The van der Waals surface area contributed by atoms with E-state index in [1.54, 1.807) is 0 Å². The number of aliphatic hydroxyl groups excluding tert-OH is 1. The average molecular weight is 256 g/mol. The predicted molar refractivity (Wildman–Crippen MR) is 65.1 cm³/mol. The van der Waals surface area contributed by atoms with Gasteiger partial charge >= 0.3 is 11.9 Å². The fraction of sp³-hybridized carbons (Fsp3) is 0.692. The third kappa shape index (κ3) is 4.87. The maximum atomic E-state index is 10.8. The summed E-state index contributed by atoms with van der Waals surface area (Å²) in [4.78, 5) is 21.5. The van der Waals surface area contributed by atoms with Crippen LogP contribution in [0.2, 0.25) is 0 Å². The standard InChI is InChI=1S/C13H20O5/c14-5-1-2-10-4-3-9(7-12(15)16)6-11(10)8-13(17)18/h3,10-11,14H,1-2,4-8H2,(H,15,16)(H,17,18). The minimum Gasteiger partial charge on any atom is -0.481 e. The highest BCUT2D eigenvalue weighted by Crippen LogP contribution is 2.36. The zero-order chi connectivity index (χ0) is 13.5. The number of rotatable bonds is 7. The van der Waals surface area contributed by atoms with Crippen molar-refractivity contribution in [2.45, 2.75) is 38.5 Å². The number of carbonyl (C=O) groups is 2. The van der Waals surface area contributed by atoms with Crippen molar-refractivity contribution < 1.29 is 24.9 Å². The van der Waals surface area contributed by atoms with Crippen molar-refractivity contribution in [3.05, 3.63) is 11.6 Å². The van der Waals surface area contributed by atoms with Gasteiger partial charge in [0.2, 0.25) is 0 Å². The molecule has 0 aliphatic heterocycles. The molecule has 0 radical (unpaired) electrons. The molecule has 0 saturated heterocycles.